The Hall–Kier alpha value is -2.55. The third-order valence-electron chi connectivity index (χ3n) is 4.65. The number of hydrogen-bond donors (Lipinski definition) is 2. The Morgan fingerprint density at radius 2 is 2.04 bits per heavy atom. The second-order valence-electron chi connectivity index (χ2n) is 7.09. The van der Waals surface area contributed by atoms with E-state index in [0.717, 1.165) is 0 Å². The number of nitrogens with one attached hydrogen (secondary N) is 1. The highest BCUT2D eigenvalue weighted by atomic mass is 16.2. The van der Waals surface area contributed by atoms with Crippen LogP contribution in [0.1, 0.15) is 48.6 Å². The summed E-state index contributed by atoms with van der Waals surface area (Å²) in [7, 11) is 0. The number of fused-ring (bicyclic) bond motifs is 1. The zero-order valence-corrected chi connectivity index (χ0v) is 15.6. The van der Waals surface area contributed by atoms with Crippen molar-refractivity contribution >= 4 is 5.91 Å². The molecule has 9 nitrogen and oxygen atoms in total. The van der Waals surface area contributed by atoms with E-state index in [2.05, 4.69) is 20.1 Å². The van der Waals surface area contributed by atoms with Gasteiger partial charge in [-0.15, -0.1) is 0 Å². The summed E-state index contributed by atoms with van der Waals surface area (Å²) in [6.45, 7) is 8.43. The van der Waals surface area contributed by atoms with Gasteiger partial charge in [-0.25, -0.2) is 14.6 Å². The van der Waals surface area contributed by atoms with Crippen LogP contribution < -0.4 is 11.3 Å². The van der Waals surface area contributed by atoms with Crippen molar-refractivity contribution in [1.82, 2.24) is 29.6 Å². The molecule has 0 fully saturated rings. The number of nitrogens with two attached hydrogens (primary N) is 1. The average molecular weight is 359 g/mol. The molecule has 0 aromatic carbocycles. The third-order valence-corrected chi connectivity index (χ3v) is 4.65. The number of hydrogen-bond acceptors (Lipinski definition) is 6. The summed E-state index contributed by atoms with van der Waals surface area (Å²) < 4.78 is 1.59. The summed E-state index contributed by atoms with van der Waals surface area (Å²) in [5.41, 5.74) is 7.42. The van der Waals surface area contributed by atoms with Crippen LogP contribution in [-0.2, 0) is 24.3 Å². The van der Waals surface area contributed by atoms with E-state index in [1.807, 2.05) is 13.8 Å². The van der Waals surface area contributed by atoms with Crippen molar-refractivity contribution in [2.24, 2.45) is 11.7 Å². The molecule has 140 valence electrons. The fourth-order valence-electron chi connectivity index (χ4n) is 3.14. The maximum absolute atomic E-state index is 12.8. The fourth-order valence-corrected chi connectivity index (χ4v) is 3.14. The number of nitrogens with zero attached hydrogens (tertiary/aromatic N) is 5. The molecule has 0 unspecified atom stereocenters. The topological polar surface area (TPSA) is 123 Å². The van der Waals surface area contributed by atoms with Gasteiger partial charge >= 0.3 is 0 Å². The van der Waals surface area contributed by atoms with Gasteiger partial charge in [0.2, 0.25) is 5.91 Å². The predicted molar refractivity (Wildman–Crippen MR) is 95.2 cm³/mol. The molecule has 1 atom stereocenters. The number of aromatic nitrogens is 5. The normalized spacial score (nSPS) is 15.2. The van der Waals surface area contributed by atoms with Crippen molar-refractivity contribution in [2.45, 2.75) is 53.2 Å². The van der Waals surface area contributed by atoms with E-state index in [1.165, 1.54) is 0 Å². The summed E-state index contributed by atoms with van der Waals surface area (Å²) in [4.78, 5) is 38.0. The van der Waals surface area contributed by atoms with Crippen molar-refractivity contribution in [3.05, 3.63) is 39.1 Å². The Labute approximate surface area is 151 Å². The number of aromatic amines is 1. The highest BCUT2D eigenvalue weighted by Gasteiger charge is 2.26. The fraction of sp³-hybridized carbons (Fsp3) is 0.588. The Kier molecular flexibility index (Phi) is 4.90. The monoisotopic (exact) mass is 359 g/mol. The lowest BCUT2D eigenvalue weighted by Crippen LogP contribution is -2.41. The van der Waals surface area contributed by atoms with Gasteiger partial charge in [0.25, 0.3) is 5.56 Å². The summed E-state index contributed by atoms with van der Waals surface area (Å²) >= 11 is 0. The van der Waals surface area contributed by atoms with Crippen molar-refractivity contribution in [3.63, 3.8) is 0 Å². The van der Waals surface area contributed by atoms with Crippen LogP contribution in [0.3, 0.4) is 0 Å². The summed E-state index contributed by atoms with van der Waals surface area (Å²) in [5.74, 6) is 1.87. The van der Waals surface area contributed by atoms with Gasteiger partial charge in [-0.3, -0.25) is 9.59 Å². The van der Waals surface area contributed by atoms with Gasteiger partial charge in [0.05, 0.1) is 18.3 Å². The van der Waals surface area contributed by atoms with Crippen LogP contribution >= 0.6 is 0 Å². The van der Waals surface area contributed by atoms with E-state index >= 15 is 0 Å². The third kappa shape index (κ3) is 3.52. The molecule has 3 N–H and O–H groups in total. The number of carbonyl (C=O) groups is 1. The zero-order valence-electron chi connectivity index (χ0n) is 15.6. The zero-order chi connectivity index (χ0) is 19.0. The molecule has 2 aromatic rings. The molecule has 3 rings (SSSR count). The first kappa shape index (κ1) is 18.2. The largest absolute Gasteiger partial charge is 0.335 e. The molecule has 0 spiro atoms. The summed E-state index contributed by atoms with van der Waals surface area (Å²) in [5, 5.41) is 4.33. The minimum atomic E-state index is -0.283. The average Bonchev–Trinajstić information content (AvgIpc) is 2.93. The number of rotatable bonds is 4. The molecule has 0 bridgehead atoms. The molecule has 0 saturated heterocycles. The SMILES string of the molecule is Cc1nc([C@@H](N)C(C)C)n(CC(=O)N2CCc3c(nc(C)[nH]c3=O)C2)n1. The standard InChI is InChI=1S/C17H25N7O2/c1-9(2)15(18)16-20-11(4)22-24(16)8-14(25)23-6-5-12-13(7-23)19-10(3)21-17(12)26/h9,15H,5-8,18H2,1-4H3,(H,19,21,26)/t15-/m0/s1. The second-order valence-corrected chi connectivity index (χ2v) is 7.09. The molecule has 3 heterocycles. The van der Waals surface area contributed by atoms with Crippen LogP contribution in [0.5, 0.6) is 0 Å². The minimum Gasteiger partial charge on any atom is -0.335 e. The highest BCUT2D eigenvalue weighted by Crippen LogP contribution is 2.18. The van der Waals surface area contributed by atoms with Gasteiger partial charge in [0.1, 0.15) is 24.0 Å². The maximum atomic E-state index is 12.8. The highest BCUT2D eigenvalue weighted by molar-refractivity contribution is 5.76. The molecular weight excluding hydrogens is 334 g/mol. The first-order chi connectivity index (χ1) is 12.3. The van der Waals surface area contributed by atoms with Crippen LogP contribution in [0.4, 0.5) is 0 Å². The smallest absolute Gasteiger partial charge is 0.254 e. The lowest BCUT2D eigenvalue weighted by atomic mass is 10.0. The van der Waals surface area contributed by atoms with Crippen molar-refractivity contribution in [2.75, 3.05) is 6.54 Å². The first-order valence-electron chi connectivity index (χ1n) is 8.79. The maximum Gasteiger partial charge on any atom is 0.254 e. The second kappa shape index (κ2) is 6.99. The van der Waals surface area contributed by atoms with Crippen molar-refractivity contribution in [3.8, 4) is 0 Å². The Bertz CT molecular complexity index is 884. The lowest BCUT2D eigenvalue weighted by Gasteiger charge is -2.28. The van der Waals surface area contributed by atoms with Crippen LogP contribution in [-0.4, -0.2) is 42.1 Å². The van der Waals surface area contributed by atoms with Gasteiger partial charge in [-0.05, 0) is 26.2 Å². The number of carbonyl (C=O) groups excluding carboxylic acids is 1. The molecule has 0 aliphatic carbocycles. The molecule has 1 aliphatic heterocycles. The number of H-pyrrole nitrogens is 1. The van der Waals surface area contributed by atoms with Gasteiger partial charge in [0, 0.05) is 12.1 Å². The molecule has 9 heteroatoms. The van der Waals surface area contributed by atoms with Gasteiger partial charge < -0.3 is 15.6 Å². The molecular formula is C17H25N7O2. The van der Waals surface area contributed by atoms with E-state index in [9.17, 15) is 9.59 Å². The quantitative estimate of drug-likeness (QED) is 0.805. The predicted octanol–water partition coefficient (Wildman–Crippen LogP) is 0.219. The van der Waals surface area contributed by atoms with E-state index < -0.39 is 0 Å². The number of amides is 1. The molecule has 0 radical (unpaired) electrons. The van der Waals surface area contributed by atoms with E-state index in [1.54, 1.807) is 23.4 Å². The van der Waals surface area contributed by atoms with E-state index in [0.29, 0.717) is 48.2 Å². The Morgan fingerprint density at radius 1 is 1.31 bits per heavy atom. The van der Waals surface area contributed by atoms with Crippen molar-refractivity contribution in [1.29, 1.82) is 0 Å². The van der Waals surface area contributed by atoms with E-state index in [-0.39, 0.29) is 30.0 Å². The first-order valence-corrected chi connectivity index (χ1v) is 8.79. The minimum absolute atomic E-state index is 0.0775. The van der Waals surface area contributed by atoms with Gasteiger partial charge in [-0.1, -0.05) is 13.8 Å². The Morgan fingerprint density at radius 3 is 2.73 bits per heavy atom. The number of aryl methyl sites for hydroxylation is 2. The van der Waals surface area contributed by atoms with Gasteiger partial charge in [0.15, 0.2) is 0 Å². The molecule has 0 saturated carbocycles. The summed E-state index contributed by atoms with van der Waals surface area (Å²) in [6.07, 6.45) is 0.498. The molecule has 2 aromatic heterocycles. The van der Waals surface area contributed by atoms with Crippen LogP contribution in [0.25, 0.3) is 0 Å². The molecule has 1 aliphatic rings. The van der Waals surface area contributed by atoms with E-state index in [4.69, 9.17) is 5.73 Å². The van der Waals surface area contributed by atoms with Crippen LogP contribution in [0.2, 0.25) is 0 Å². The van der Waals surface area contributed by atoms with Crippen LogP contribution in [0.15, 0.2) is 4.79 Å². The summed E-state index contributed by atoms with van der Waals surface area (Å²) in [6, 6.07) is -0.283. The Balaban J connectivity index is 1.79. The lowest BCUT2D eigenvalue weighted by molar-refractivity contribution is -0.133. The van der Waals surface area contributed by atoms with Crippen molar-refractivity contribution < 1.29 is 4.79 Å². The molecule has 1 amide bonds. The van der Waals surface area contributed by atoms with Gasteiger partial charge in [-0.2, -0.15) is 5.10 Å². The van der Waals surface area contributed by atoms with Crippen LogP contribution in [0, 0.1) is 19.8 Å². The molecule has 26 heavy (non-hydrogen) atoms.